The van der Waals surface area contributed by atoms with Crippen LogP contribution in [0.4, 0.5) is 0 Å². The van der Waals surface area contributed by atoms with Gasteiger partial charge in [-0.05, 0) is 49.4 Å². The average Bonchev–Trinajstić information content (AvgIpc) is 3.19. The molecular formula is C14H21ClN2O2. The lowest BCUT2D eigenvalue weighted by molar-refractivity contribution is 0.0949. The molecule has 19 heavy (non-hydrogen) atoms. The van der Waals surface area contributed by atoms with Gasteiger partial charge in [-0.3, -0.25) is 4.79 Å². The molecule has 0 aromatic heterocycles. The van der Waals surface area contributed by atoms with Crippen molar-refractivity contribution in [2.45, 2.75) is 25.8 Å². The number of methoxy groups -OCH3 is 1. The van der Waals surface area contributed by atoms with E-state index in [1.165, 1.54) is 12.8 Å². The molecular weight excluding hydrogens is 264 g/mol. The second-order valence-corrected chi connectivity index (χ2v) is 4.89. The topological polar surface area (TPSA) is 64.3 Å². The van der Waals surface area contributed by atoms with E-state index >= 15 is 0 Å². The Bertz CT molecular complexity index is 447. The smallest absolute Gasteiger partial charge is 0.251 e. The second-order valence-electron chi connectivity index (χ2n) is 4.89. The second kappa shape index (κ2) is 6.78. The number of carbonyl (C=O) groups excluding carboxylic acids is 1. The Morgan fingerprint density at radius 2 is 2.21 bits per heavy atom. The fourth-order valence-corrected chi connectivity index (χ4v) is 2.01. The summed E-state index contributed by atoms with van der Waals surface area (Å²) < 4.78 is 5.12. The Kier molecular flexibility index (Phi) is 5.63. The molecule has 5 heteroatoms. The third kappa shape index (κ3) is 4.11. The third-order valence-corrected chi connectivity index (χ3v) is 3.40. The van der Waals surface area contributed by atoms with Crippen molar-refractivity contribution in [1.82, 2.24) is 5.32 Å². The van der Waals surface area contributed by atoms with Crippen LogP contribution in [0.5, 0.6) is 5.75 Å². The SMILES string of the molecule is COc1ccc(C(=O)NCC(N)C2CC2)c(C)c1.Cl. The summed E-state index contributed by atoms with van der Waals surface area (Å²) in [6.07, 6.45) is 2.39. The summed E-state index contributed by atoms with van der Waals surface area (Å²) in [6, 6.07) is 5.53. The van der Waals surface area contributed by atoms with Crippen LogP contribution in [0, 0.1) is 12.8 Å². The Hall–Kier alpha value is -1.26. The first-order valence-corrected chi connectivity index (χ1v) is 6.30. The van der Waals surface area contributed by atoms with Gasteiger partial charge in [0, 0.05) is 18.2 Å². The van der Waals surface area contributed by atoms with E-state index in [1.54, 1.807) is 19.2 Å². The third-order valence-electron chi connectivity index (χ3n) is 3.40. The van der Waals surface area contributed by atoms with Gasteiger partial charge in [0.1, 0.15) is 5.75 Å². The molecule has 106 valence electrons. The van der Waals surface area contributed by atoms with Gasteiger partial charge in [0.05, 0.1) is 7.11 Å². The zero-order valence-electron chi connectivity index (χ0n) is 11.3. The number of nitrogens with one attached hydrogen (secondary N) is 1. The standard InChI is InChI=1S/C14H20N2O2.ClH/c1-9-7-11(18-2)5-6-12(9)14(17)16-8-13(15)10-3-4-10;/h5-7,10,13H,3-4,8,15H2,1-2H3,(H,16,17);1H. The largest absolute Gasteiger partial charge is 0.497 e. The van der Waals surface area contributed by atoms with E-state index in [-0.39, 0.29) is 24.4 Å². The first-order chi connectivity index (χ1) is 8.61. The predicted molar refractivity (Wildman–Crippen MR) is 78.0 cm³/mol. The minimum absolute atomic E-state index is 0. The van der Waals surface area contributed by atoms with Crippen molar-refractivity contribution in [3.63, 3.8) is 0 Å². The van der Waals surface area contributed by atoms with E-state index in [1.807, 2.05) is 13.0 Å². The monoisotopic (exact) mass is 284 g/mol. The quantitative estimate of drug-likeness (QED) is 0.868. The molecule has 0 heterocycles. The first-order valence-electron chi connectivity index (χ1n) is 6.30. The van der Waals surface area contributed by atoms with E-state index < -0.39 is 0 Å². The van der Waals surface area contributed by atoms with Gasteiger partial charge in [-0.25, -0.2) is 0 Å². The van der Waals surface area contributed by atoms with Crippen LogP contribution in [0.3, 0.4) is 0 Å². The molecule has 0 saturated heterocycles. The van der Waals surface area contributed by atoms with Crippen LogP contribution in [0.15, 0.2) is 18.2 Å². The maximum absolute atomic E-state index is 12.0. The van der Waals surface area contributed by atoms with Crippen molar-refractivity contribution in [3.8, 4) is 5.75 Å². The van der Waals surface area contributed by atoms with Gasteiger partial charge in [-0.1, -0.05) is 0 Å². The van der Waals surface area contributed by atoms with Gasteiger partial charge in [0.25, 0.3) is 5.91 Å². The Balaban J connectivity index is 0.00000180. The first kappa shape index (κ1) is 15.8. The predicted octanol–water partition coefficient (Wildman–Crippen LogP) is 1.89. The molecule has 1 aromatic carbocycles. The lowest BCUT2D eigenvalue weighted by atomic mass is 10.1. The molecule has 0 spiro atoms. The number of halogens is 1. The summed E-state index contributed by atoms with van der Waals surface area (Å²) in [4.78, 5) is 12.0. The highest BCUT2D eigenvalue weighted by Crippen LogP contribution is 2.31. The van der Waals surface area contributed by atoms with Gasteiger partial charge in [0.2, 0.25) is 0 Å². The number of ether oxygens (including phenoxy) is 1. The van der Waals surface area contributed by atoms with Gasteiger partial charge in [-0.2, -0.15) is 0 Å². The summed E-state index contributed by atoms with van der Waals surface area (Å²) in [7, 11) is 1.61. The minimum atomic E-state index is -0.0637. The molecule has 0 radical (unpaired) electrons. The molecule has 1 fully saturated rings. The molecule has 4 nitrogen and oxygen atoms in total. The highest BCUT2D eigenvalue weighted by atomic mass is 35.5. The zero-order chi connectivity index (χ0) is 13.1. The normalized spacial score (nSPS) is 15.3. The summed E-state index contributed by atoms with van der Waals surface area (Å²) >= 11 is 0. The maximum atomic E-state index is 12.0. The summed E-state index contributed by atoms with van der Waals surface area (Å²) in [5, 5.41) is 2.89. The Morgan fingerprint density at radius 3 is 2.74 bits per heavy atom. The van der Waals surface area contributed by atoms with Crippen molar-refractivity contribution in [3.05, 3.63) is 29.3 Å². The van der Waals surface area contributed by atoms with Crippen LogP contribution in [0.25, 0.3) is 0 Å². The molecule has 2 rings (SSSR count). The number of carbonyl (C=O) groups is 1. The molecule has 1 saturated carbocycles. The van der Waals surface area contributed by atoms with Crippen LogP contribution in [0.1, 0.15) is 28.8 Å². The highest BCUT2D eigenvalue weighted by molar-refractivity contribution is 5.95. The molecule has 1 atom stereocenters. The molecule has 1 aliphatic carbocycles. The maximum Gasteiger partial charge on any atom is 0.251 e. The summed E-state index contributed by atoms with van der Waals surface area (Å²) in [5.74, 6) is 1.30. The van der Waals surface area contributed by atoms with Crippen molar-refractivity contribution in [2.24, 2.45) is 11.7 Å². The minimum Gasteiger partial charge on any atom is -0.497 e. The fraction of sp³-hybridized carbons (Fsp3) is 0.500. The molecule has 1 aliphatic rings. The molecule has 1 amide bonds. The van der Waals surface area contributed by atoms with Crippen LogP contribution in [-0.4, -0.2) is 25.6 Å². The lowest BCUT2D eigenvalue weighted by Crippen LogP contribution is -2.38. The zero-order valence-corrected chi connectivity index (χ0v) is 12.1. The van der Waals surface area contributed by atoms with Crippen LogP contribution >= 0.6 is 12.4 Å². The van der Waals surface area contributed by atoms with Crippen molar-refractivity contribution < 1.29 is 9.53 Å². The van der Waals surface area contributed by atoms with Gasteiger partial charge in [0.15, 0.2) is 0 Å². The summed E-state index contributed by atoms with van der Waals surface area (Å²) in [5.41, 5.74) is 7.54. The van der Waals surface area contributed by atoms with E-state index in [0.29, 0.717) is 18.0 Å². The van der Waals surface area contributed by atoms with E-state index in [9.17, 15) is 4.79 Å². The number of hydrogen-bond acceptors (Lipinski definition) is 3. The van der Waals surface area contributed by atoms with Crippen LogP contribution < -0.4 is 15.8 Å². The molecule has 0 bridgehead atoms. The molecule has 0 aliphatic heterocycles. The van der Waals surface area contributed by atoms with Crippen molar-refractivity contribution >= 4 is 18.3 Å². The van der Waals surface area contributed by atoms with E-state index in [2.05, 4.69) is 5.32 Å². The summed E-state index contributed by atoms with van der Waals surface area (Å²) in [6.45, 7) is 2.45. The van der Waals surface area contributed by atoms with Gasteiger partial charge >= 0.3 is 0 Å². The van der Waals surface area contributed by atoms with Gasteiger partial charge < -0.3 is 15.8 Å². The number of aryl methyl sites for hydroxylation is 1. The van der Waals surface area contributed by atoms with E-state index in [0.717, 1.165) is 11.3 Å². The van der Waals surface area contributed by atoms with Crippen molar-refractivity contribution in [1.29, 1.82) is 0 Å². The van der Waals surface area contributed by atoms with Gasteiger partial charge in [-0.15, -0.1) is 12.4 Å². The van der Waals surface area contributed by atoms with Crippen molar-refractivity contribution in [2.75, 3.05) is 13.7 Å². The molecule has 1 unspecified atom stereocenters. The van der Waals surface area contributed by atoms with E-state index in [4.69, 9.17) is 10.5 Å². The molecule has 1 aromatic rings. The number of hydrogen-bond donors (Lipinski definition) is 2. The number of rotatable bonds is 5. The lowest BCUT2D eigenvalue weighted by Gasteiger charge is -2.13. The fourth-order valence-electron chi connectivity index (χ4n) is 2.01. The number of amides is 1. The van der Waals surface area contributed by atoms with Crippen LogP contribution in [0.2, 0.25) is 0 Å². The Labute approximate surface area is 120 Å². The average molecular weight is 285 g/mol. The highest BCUT2D eigenvalue weighted by Gasteiger charge is 2.28. The number of benzene rings is 1. The Morgan fingerprint density at radius 1 is 1.53 bits per heavy atom. The molecule has 3 N–H and O–H groups in total. The van der Waals surface area contributed by atoms with Crippen LogP contribution in [-0.2, 0) is 0 Å². The number of nitrogens with two attached hydrogens (primary N) is 1.